The second-order valence-electron chi connectivity index (χ2n) is 6.31. The SMILES string of the molecule is Cc1ccc(C(=O)c2c[nH]c3ccc(C(C)(F)F)cc3c2=O)cc1C. The smallest absolute Gasteiger partial charge is 0.270 e. The maximum absolute atomic E-state index is 13.5. The molecule has 0 aliphatic carbocycles. The minimum Gasteiger partial charge on any atom is -0.360 e. The van der Waals surface area contributed by atoms with Crippen LogP contribution in [0.2, 0.25) is 0 Å². The molecule has 0 radical (unpaired) electrons. The number of pyridine rings is 1. The Morgan fingerprint density at radius 1 is 1.04 bits per heavy atom. The van der Waals surface area contributed by atoms with Crippen LogP contribution < -0.4 is 5.43 Å². The van der Waals surface area contributed by atoms with Crippen LogP contribution in [0.3, 0.4) is 0 Å². The van der Waals surface area contributed by atoms with Gasteiger partial charge in [0.2, 0.25) is 5.43 Å². The molecule has 25 heavy (non-hydrogen) atoms. The van der Waals surface area contributed by atoms with E-state index in [1.807, 2.05) is 19.9 Å². The van der Waals surface area contributed by atoms with E-state index in [0.717, 1.165) is 24.1 Å². The summed E-state index contributed by atoms with van der Waals surface area (Å²) < 4.78 is 27.1. The highest BCUT2D eigenvalue weighted by atomic mass is 19.3. The van der Waals surface area contributed by atoms with Gasteiger partial charge in [-0.05, 0) is 43.2 Å². The number of aromatic amines is 1. The third-order valence-corrected chi connectivity index (χ3v) is 4.40. The van der Waals surface area contributed by atoms with Crippen molar-refractivity contribution in [1.82, 2.24) is 4.98 Å². The summed E-state index contributed by atoms with van der Waals surface area (Å²) in [5.41, 5.74) is 1.91. The third kappa shape index (κ3) is 3.09. The summed E-state index contributed by atoms with van der Waals surface area (Å²) in [6, 6.07) is 9.03. The summed E-state index contributed by atoms with van der Waals surface area (Å²) in [6.07, 6.45) is 1.34. The Balaban J connectivity index is 2.16. The molecule has 1 aromatic heterocycles. The fraction of sp³-hybridized carbons (Fsp3) is 0.200. The number of rotatable bonds is 3. The number of benzene rings is 2. The first-order valence-electron chi connectivity index (χ1n) is 7.84. The fourth-order valence-corrected chi connectivity index (χ4v) is 2.70. The molecule has 1 N–H and O–H groups in total. The molecule has 3 nitrogen and oxygen atoms in total. The van der Waals surface area contributed by atoms with Gasteiger partial charge in [0.1, 0.15) is 0 Å². The minimum absolute atomic E-state index is 0.0627. The maximum atomic E-state index is 13.5. The highest BCUT2D eigenvalue weighted by Gasteiger charge is 2.25. The van der Waals surface area contributed by atoms with E-state index >= 15 is 0 Å². The normalized spacial score (nSPS) is 11.7. The van der Waals surface area contributed by atoms with Crippen molar-refractivity contribution in [3.05, 3.63) is 80.6 Å². The van der Waals surface area contributed by atoms with E-state index in [2.05, 4.69) is 4.98 Å². The van der Waals surface area contributed by atoms with Crippen LogP contribution in [0.1, 0.15) is 39.5 Å². The average molecular weight is 341 g/mol. The lowest BCUT2D eigenvalue weighted by Gasteiger charge is -2.11. The molecule has 0 aliphatic rings. The Labute approximate surface area is 143 Å². The first-order chi connectivity index (χ1) is 11.7. The lowest BCUT2D eigenvalue weighted by atomic mass is 9.98. The maximum Gasteiger partial charge on any atom is 0.270 e. The Bertz CT molecular complexity index is 1050. The second kappa shape index (κ2) is 5.92. The number of nitrogens with one attached hydrogen (secondary N) is 1. The van der Waals surface area contributed by atoms with Crippen LogP contribution in [0, 0.1) is 13.8 Å². The monoisotopic (exact) mass is 341 g/mol. The number of carbonyl (C=O) groups is 1. The number of aromatic nitrogens is 1. The summed E-state index contributed by atoms with van der Waals surface area (Å²) in [5, 5.41) is 0.0775. The van der Waals surface area contributed by atoms with Gasteiger partial charge >= 0.3 is 0 Å². The molecule has 1 heterocycles. The molecular formula is C20H17F2NO2. The Kier molecular flexibility index (Phi) is 4.03. The van der Waals surface area contributed by atoms with Crippen molar-refractivity contribution >= 4 is 16.7 Å². The standard InChI is InChI=1S/C20H17F2NO2/c1-11-4-5-13(8-12(11)2)18(24)16-10-23-17-7-6-14(20(3,21)22)9-15(17)19(16)25/h4-10H,1-3H3,(H,23,25). The number of aryl methyl sites for hydroxylation is 2. The first-order valence-corrected chi connectivity index (χ1v) is 7.84. The van der Waals surface area contributed by atoms with Gasteiger partial charge in [-0.2, -0.15) is 0 Å². The van der Waals surface area contributed by atoms with Gasteiger partial charge in [0.15, 0.2) is 5.78 Å². The van der Waals surface area contributed by atoms with E-state index in [-0.39, 0.29) is 16.5 Å². The van der Waals surface area contributed by atoms with Gasteiger partial charge in [0.05, 0.1) is 5.56 Å². The number of H-pyrrole nitrogens is 1. The van der Waals surface area contributed by atoms with Gasteiger partial charge < -0.3 is 4.98 Å². The van der Waals surface area contributed by atoms with Crippen molar-refractivity contribution < 1.29 is 13.6 Å². The van der Waals surface area contributed by atoms with Crippen LogP contribution in [0.5, 0.6) is 0 Å². The molecule has 0 aliphatic heterocycles. The molecule has 0 unspecified atom stereocenters. The Morgan fingerprint density at radius 2 is 1.76 bits per heavy atom. The number of halogens is 2. The van der Waals surface area contributed by atoms with Crippen molar-refractivity contribution in [3.63, 3.8) is 0 Å². The number of hydrogen-bond acceptors (Lipinski definition) is 2. The van der Waals surface area contributed by atoms with Crippen molar-refractivity contribution in [2.24, 2.45) is 0 Å². The molecule has 128 valence electrons. The molecule has 0 saturated carbocycles. The predicted octanol–water partition coefficient (Wildman–Crippen LogP) is 4.49. The summed E-state index contributed by atoms with van der Waals surface area (Å²) >= 11 is 0. The summed E-state index contributed by atoms with van der Waals surface area (Å²) in [7, 11) is 0. The van der Waals surface area contributed by atoms with Gasteiger partial charge in [-0.15, -0.1) is 0 Å². The van der Waals surface area contributed by atoms with Gasteiger partial charge in [-0.3, -0.25) is 9.59 Å². The molecule has 3 aromatic rings. The molecule has 0 fully saturated rings. The van der Waals surface area contributed by atoms with Gasteiger partial charge in [0.25, 0.3) is 5.92 Å². The van der Waals surface area contributed by atoms with Crippen molar-refractivity contribution in [2.75, 3.05) is 0 Å². The molecule has 0 amide bonds. The number of alkyl halides is 2. The first kappa shape index (κ1) is 17.0. The highest BCUT2D eigenvalue weighted by molar-refractivity contribution is 6.10. The van der Waals surface area contributed by atoms with Crippen LogP contribution in [0.25, 0.3) is 10.9 Å². The lowest BCUT2D eigenvalue weighted by molar-refractivity contribution is 0.0176. The van der Waals surface area contributed by atoms with Gasteiger partial charge in [-0.25, -0.2) is 8.78 Å². The topological polar surface area (TPSA) is 49.9 Å². The van der Waals surface area contributed by atoms with Crippen molar-refractivity contribution in [1.29, 1.82) is 0 Å². The Hall–Kier alpha value is -2.82. The molecule has 0 saturated heterocycles. The zero-order valence-corrected chi connectivity index (χ0v) is 14.1. The number of fused-ring (bicyclic) bond motifs is 1. The van der Waals surface area contributed by atoms with Crippen molar-refractivity contribution in [2.45, 2.75) is 26.7 Å². The number of carbonyl (C=O) groups excluding carboxylic acids is 1. The second-order valence-corrected chi connectivity index (χ2v) is 6.31. The minimum atomic E-state index is -3.06. The van der Waals surface area contributed by atoms with E-state index in [4.69, 9.17) is 0 Å². The molecular weight excluding hydrogens is 324 g/mol. The third-order valence-electron chi connectivity index (χ3n) is 4.40. The van der Waals surface area contributed by atoms with Crippen LogP contribution in [0.4, 0.5) is 8.78 Å². The summed E-state index contributed by atoms with van der Waals surface area (Å²) in [5.74, 6) is -3.49. The fourth-order valence-electron chi connectivity index (χ4n) is 2.70. The van der Waals surface area contributed by atoms with Crippen molar-refractivity contribution in [3.8, 4) is 0 Å². The average Bonchev–Trinajstić information content (AvgIpc) is 2.56. The zero-order valence-electron chi connectivity index (χ0n) is 14.1. The quantitative estimate of drug-likeness (QED) is 0.714. The number of hydrogen-bond donors (Lipinski definition) is 1. The predicted molar refractivity (Wildman–Crippen MR) is 93.5 cm³/mol. The molecule has 2 aromatic carbocycles. The molecule has 0 atom stereocenters. The van der Waals surface area contributed by atoms with E-state index in [9.17, 15) is 18.4 Å². The van der Waals surface area contributed by atoms with Crippen LogP contribution in [-0.2, 0) is 5.92 Å². The molecule has 0 spiro atoms. The molecule has 0 bridgehead atoms. The van der Waals surface area contributed by atoms with Crippen LogP contribution in [0.15, 0.2) is 47.4 Å². The Morgan fingerprint density at radius 3 is 2.40 bits per heavy atom. The zero-order chi connectivity index (χ0) is 18.4. The molecule has 3 rings (SSSR count). The number of ketones is 1. The van der Waals surface area contributed by atoms with Crippen LogP contribution >= 0.6 is 0 Å². The van der Waals surface area contributed by atoms with Gasteiger partial charge in [0, 0.05) is 35.2 Å². The summed E-state index contributed by atoms with van der Waals surface area (Å²) in [4.78, 5) is 28.2. The van der Waals surface area contributed by atoms with E-state index in [0.29, 0.717) is 11.1 Å². The summed E-state index contributed by atoms with van der Waals surface area (Å²) in [6.45, 7) is 4.58. The lowest BCUT2D eigenvalue weighted by Crippen LogP contribution is -2.18. The molecule has 5 heteroatoms. The van der Waals surface area contributed by atoms with E-state index < -0.39 is 17.1 Å². The largest absolute Gasteiger partial charge is 0.360 e. The van der Waals surface area contributed by atoms with Crippen LogP contribution in [-0.4, -0.2) is 10.8 Å². The van der Waals surface area contributed by atoms with Gasteiger partial charge in [-0.1, -0.05) is 18.2 Å². The highest BCUT2D eigenvalue weighted by Crippen LogP contribution is 2.28. The van der Waals surface area contributed by atoms with E-state index in [1.54, 1.807) is 12.1 Å². The van der Waals surface area contributed by atoms with E-state index in [1.165, 1.54) is 18.3 Å².